The molecule has 1 aromatic carbocycles. The normalized spacial score (nSPS) is 13.8. The number of hydrogen-bond donors (Lipinski definition) is 1. The van der Waals surface area contributed by atoms with E-state index in [4.69, 9.17) is 4.74 Å². The van der Waals surface area contributed by atoms with Crippen molar-refractivity contribution in [2.75, 3.05) is 20.8 Å². The Morgan fingerprint density at radius 2 is 1.88 bits per heavy atom. The lowest BCUT2D eigenvalue weighted by molar-refractivity contribution is 0.169. The van der Waals surface area contributed by atoms with Gasteiger partial charge in [0.25, 0.3) is 0 Å². The number of nitrogens with one attached hydrogen (secondary N) is 1. The Bertz CT molecular complexity index is 295. The molecule has 0 aliphatic rings. The summed E-state index contributed by atoms with van der Waals surface area (Å²) in [5.74, 6) is 0. The molecule has 1 aromatic rings. The number of rotatable bonds is 6. The summed E-state index contributed by atoms with van der Waals surface area (Å²) >= 11 is 0. The Morgan fingerprint density at radius 1 is 1.25 bits per heavy atom. The SMILES string of the molecule is CNC(CCOC)C(C)(C)c1ccccc1. The van der Waals surface area contributed by atoms with E-state index in [-0.39, 0.29) is 5.41 Å². The van der Waals surface area contributed by atoms with Crippen LogP contribution in [-0.4, -0.2) is 26.8 Å². The van der Waals surface area contributed by atoms with Gasteiger partial charge in [0.15, 0.2) is 0 Å². The van der Waals surface area contributed by atoms with Gasteiger partial charge in [-0.05, 0) is 19.0 Å². The Morgan fingerprint density at radius 3 is 2.38 bits per heavy atom. The first-order chi connectivity index (χ1) is 7.62. The Hall–Kier alpha value is -0.860. The quantitative estimate of drug-likeness (QED) is 0.797. The van der Waals surface area contributed by atoms with Gasteiger partial charge in [0, 0.05) is 25.2 Å². The summed E-state index contributed by atoms with van der Waals surface area (Å²) in [7, 11) is 3.77. The maximum absolute atomic E-state index is 5.17. The number of likely N-dealkylation sites (N-methyl/N-ethyl adjacent to an activating group) is 1. The standard InChI is InChI=1S/C14H23NO/c1-14(2,12-8-6-5-7-9-12)13(15-3)10-11-16-4/h5-9,13,15H,10-11H2,1-4H3. The highest BCUT2D eigenvalue weighted by molar-refractivity contribution is 5.25. The minimum Gasteiger partial charge on any atom is -0.385 e. The predicted molar refractivity (Wildman–Crippen MR) is 68.8 cm³/mol. The lowest BCUT2D eigenvalue weighted by Crippen LogP contribution is -2.43. The highest BCUT2D eigenvalue weighted by Gasteiger charge is 2.29. The second kappa shape index (κ2) is 6.02. The molecule has 1 N–H and O–H groups in total. The zero-order valence-corrected chi connectivity index (χ0v) is 10.8. The van der Waals surface area contributed by atoms with E-state index in [1.54, 1.807) is 7.11 Å². The summed E-state index contributed by atoms with van der Waals surface area (Å²) in [5, 5.41) is 3.40. The van der Waals surface area contributed by atoms with Gasteiger partial charge in [0.2, 0.25) is 0 Å². The Labute approximate surface area is 99.0 Å². The van der Waals surface area contributed by atoms with Gasteiger partial charge in [0.1, 0.15) is 0 Å². The first kappa shape index (κ1) is 13.2. The van der Waals surface area contributed by atoms with E-state index >= 15 is 0 Å². The molecule has 2 heteroatoms. The molecule has 0 aromatic heterocycles. The molecule has 0 aliphatic heterocycles. The topological polar surface area (TPSA) is 21.3 Å². The van der Waals surface area contributed by atoms with Crippen molar-refractivity contribution in [1.82, 2.24) is 5.32 Å². The van der Waals surface area contributed by atoms with Gasteiger partial charge in [-0.2, -0.15) is 0 Å². The fraction of sp³-hybridized carbons (Fsp3) is 0.571. The molecular formula is C14H23NO. The van der Waals surface area contributed by atoms with Crippen LogP contribution in [0.5, 0.6) is 0 Å². The third-order valence-electron chi connectivity index (χ3n) is 3.35. The lowest BCUT2D eigenvalue weighted by Gasteiger charge is -2.34. The van der Waals surface area contributed by atoms with Gasteiger partial charge in [-0.1, -0.05) is 44.2 Å². The number of hydrogen-bond acceptors (Lipinski definition) is 2. The molecule has 90 valence electrons. The van der Waals surface area contributed by atoms with Crippen molar-refractivity contribution in [2.45, 2.75) is 31.7 Å². The molecule has 1 unspecified atom stereocenters. The summed E-state index contributed by atoms with van der Waals surface area (Å²) in [5.41, 5.74) is 1.49. The summed E-state index contributed by atoms with van der Waals surface area (Å²) in [6.45, 7) is 5.35. The van der Waals surface area contributed by atoms with Crippen molar-refractivity contribution in [3.63, 3.8) is 0 Å². The molecule has 0 bridgehead atoms. The first-order valence-corrected chi connectivity index (χ1v) is 5.84. The van der Waals surface area contributed by atoms with Crippen molar-refractivity contribution in [3.8, 4) is 0 Å². The maximum atomic E-state index is 5.17. The Kier molecular flexibility index (Phi) is 4.97. The van der Waals surface area contributed by atoms with E-state index < -0.39 is 0 Å². The molecule has 2 nitrogen and oxygen atoms in total. The summed E-state index contributed by atoms with van der Waals surface area (Å²) < 4.78 is 5.17. The van der Waals surface area contributed by atoms with Crippen molar-refractivity contribution in [2.24, 2.45) is 0 Å². The van der Waals surface area contributed by atoms with Crippen molar-refractivity contribution in [1.29, 1.82) is 0 Å². The molecule has 1 rings (SSSR count). The third-order valence-corrected chi connectivity index (χ3v) is 3.35. The number of ether oxygens (including phenoxy) is 1. The number of benzene rings is 1. The smallest absolute Gasteiger partial charge is 0.0477 e. The molecule has 0 fully saturated rings. The monoisotopic (exact) mass is 221 g/mol. The van der Waals surface area contributed by atoms with E-state index in [1.807, 2.05) is 7.05 Å². The Balaban J connectivity index is 2.81. The van der Waals surface area contributed by atoms with E-state index in [1.165, 1.54) is 5.56 Å². The van der Waals surface area contributed by atoms with Gasteiger partial charge in [-0.25, -0.2) is 0 Å². The average Bonchev–Trinajstić information content (AvgIpc) is 2.31. The van der Waals surface area contributed by atoms with Crippen molar-refractivity contribution in [3.05, 3.63) is 35.9 Å². The zero-order chi connectivity index (χ0) is 12.0. The van der Waals surface area contributed by atoms with Gasteiger partial charge in [-0.3, -0.25) is 0 Å². The van der Waals surface area contributed by atoms with E-state index in [0.29, 0.717) is 6.04 Å². The number of methoxy groups -OCH3 is 1. The molecule has 16 heavy (non-hydrogen) atoms. The maximum Gasteiger partial charge on any atom is 0.0477 e. The van der Waals surface area contributed by atoms with Crippen LogP contribution in [0.4, 0.5) is 0 Å². The summed E-state index contributed by atoms with van der Waals surface area (Å²) in [4.78, 5) is 0. The molecule has 0 heterocycles. The summed E-state index contributed by atoms with van der Waals surface area (Å²) in [6, 6.07) is 11.1. The van der Waals surface area contributed by atoms with Crippen LogP contribution in [0.15, 0.2) is 30.3 Å². The minimum atomic E-state index is 0.120. The zero-order valence-electron chi connectivity index (χ0n) is 10.8. The second-order valence-electron chi connectivity index (χ2n) is 4.71. The molecule has 0 aliphatic carbocycles. The minimum absolute atomic E-state index is 0.120. The van der Waals surface area contributed by atoms with Crippen molar-refractivity contribution >= 4 is 0 Å². The third kappa shape index (κ3) is 3.06. The fourth-order valence-corrected chi connectivity index (χ4v) is 2.17. The molecular weight excluding hydrogens is 198 g/mol. The van der Waals surface area contributed by atoms with Gasteiger partial charge in [0.05, 0.1) is 0 Å². The lowest BCUT2D eigenvalue weighted by atomic mass is 9.76. The van der Waals surface area contributed by atoms with Crippen LogP contribution in [0.25, 0.3) is 0 Å². The first-order valence-electron chi connectivity index (χ1n) is 5.84. The van der Waals surface area contributed by atoms with Crippen molar-refractivity contribution < 1.29 is 4.74 Å². The average molecular weight is 221 g/mol. The highest BCUT2D eigenvalue weighted by atomic mass is 16.5. The molecule has 0 spiro atoms. The fourth-order valence-electron chi connectivity index (χ4n) is 2.17. The molecule has 0 amide bonds. The van der Waals surface area contributed by atoms with E-state index in [2.05, 4.69) is 49.5 Å². The summed E-state index contributed by atoms with van der Waals surface area (Å²) in [6.07, 6.45) is 1.02. The molecule has 0 saturated carbocycles. The van der Waals surface area contributed by atoms with Crippen LogP contribution in [-0.2, 0) is 10.2 Å². The van der Waals surface area contributed by atoms with E-state index in [0.717, 1.165) is 13.0 Å². The van der Waals surface area contributed by atoms with Crippen LogP contribution < -0.4 is 5.32 Å². The highest BCUT2D eigenvalue weighted by Crippen LogP contribution is 2.28. The second-order valence-corrected chi connectivity index (χ2v) is 4.71. The van der Waals surface area contributed by atoms with Gasteiger partial charge < -0.3 is 10.1 Å². The van der Waals surface area contributed by atoms with Crippen LogP contribution in [0.1, 0.15) is 25.8 Å². The predicted octanol–water partition coefficient (Wildman–Crippen LogP) is 2.59. The van der Waals surface area contributed by atoms with Crippen LogP contribution in [0.3, 0.4) is 0 Å². The van der Waals surface area contributed by atoms with E-state index in [9.17, 15) is 0 Å². The molecule has 1 atom stereocenters. The van der Waals surface area contributed by atoms with Crippen LogP contribution in [0.2, 0.25) is 0 Å². The van der Waals surface area contributed by atoms with Gasteiger partial charge >= 0.3 is 0 Å². The van der Waals surface area contributed by atoms with Gasteiger partial charge in [-0.15, -0.1) is 0 Å². The molecule has 0 radical (unpaired) electrons. The molecule has 0 saturated heterocycles. The van der Waals surface area contributed by atoms with Crippen LogP contribution >= 0.6 is 0 Å². The largest absolute Gasteiger partial charge is 0.385 e. The van der Waals surface area contributed by atoms with Crippen LogP contribution in [0, 0.1) is 0 Å².